The Morgan fingerprint density at radius 2 is 1.74 bits per heavy atom. The van der Waals surface area contributed by atoms with Gasteiger partial charge in [0.1, 0.15) is 26.8 Å². The predicted molar refractivity (Wildman–Crippen MR) is 108 cm³/mol. The van der Waals surface area contributed by atoms with Gasteiger partial charge in [0.15, 0.2) is 11.7 Å². The molecule has 162 valence electrons. The number of rotatable bonds is 6. The molecule has 2 aromatic rings. The molecule has 0 spiro atoms. The van der Waals surface area contributed by atoms with Gasteiger partial charge < -0.3 is 18.9 Å². The number of hydrogen-bond acceptors (Lipinski definition) is 7. The minimum atomic E-state index is -1.65. The number of carbonyl (C=O) groups excluding carboxylic acids is 2. The number of ether oxygens (including phenoxy) is 5. The van der Waals surface area contributed by atoms with Crippen LogP contribution in [0.2, 0.25) is 0 Å². The van der Waals surface area contributed by atoms with Gasteiger partial charge >= 0.3 is 24.3 Å². The van der Waals surface area contributed by atoms with Crippen LogP contribution in [0.5, 0.6) is 0 Å². The van der Waals surface area contributed by atoms with E-state index in [0.717, 1.165) is 0 Å². The smallest absolute Gasteiger partial charge is 0.361 e. The van der Waals surface area contributed by atoms with Crippen molar-refractivity contribution >= 4 is 18.3 Å². The molecule has 1 unspecified atom stereocenters. The summed E-state index contributed by atoms with van der Waals surface area (Å²) in [6.45, 7) is 1.41. The summed E-state index contributed by atoms with van der Waals surface area (Å²) in [5.41, 5.74) is -0.447. The Hall–Kier alpha value is -3.23. The molecule has 0 aliphatic carbocycles. The maximum absolute atomic E-state index is 12.7. The molecule has 4 atom stereocenters. The second-order valence-electron chi connectivity index (χ2n) is 7.76. The van der Waals surface area contributed by atoms with E-state index >= 15 is 0 Å². The Morgan fingerprint density at radius 3 is 2.39 bits per heavy atom. The number of benzene rings is 2. The van der Waals surface area contributed by atoms with Crippen molar-refractivity contribution < 1.29 is 37.8 Å². The van der Waals surface area contributed by atoms with Crippen molar-refractivity contribution in [2.45, 2.75) is 30.7 Å². The van der Waals surface area contributed by atoms with Crippen LogP contribution in [0.4, 0.5) is 0 Å². The number of nitrogens with zero attached hydrogens (tertiary/aromatic N) is 1. The first-order valence-corrected chi connectivity index (χ1v) is 9.88. The number of fused-ring (bicyclic) bond motifs is 1. The lowest BCUT2D eigenvalue weighted by molar-refractivity contribution is -0.478. The molecule has 0 radical (unpaired) electrons. The zero-order valence-corrected chi connectivity index (χ0v) is 17.5. The molecular weight excluding hydrogens is 402 g/mol. The molecule has 2 aromatic carbocycles. The van der Waals surface area contributed by atoms with E-state index in [9.17, 15) is 9.59 Å². The van der Waals surface area contributed by atoms with Gasteiger partial charge in [0.05, 0.1) is 11.1 Å². The van der Waals surface area contributed by atoms with Crippen molar-refractivity contribution in [3.05, 3.63) is 71.8 Å². The zero-order chi connectivity index (χ0) is 22.1. The van der Waals surface area contributed by atoms with Crippen LogP contribution in [-0.4, -0.2) is 61.4 Å². The van der Waals surface area contributed by atoms with Crippen LogP contribution in [0.15, 0.2) is 60.7 Å². The molecule has 0 saturated carbocycles. The van der Waals surface area contributed by atoms with Gasteiger partial charge in [0, 0.05) is 0 Å². The molecule has 2 saturated heterocycles. The van der Waals surface area contributed by atoms with Gasteiger partial charge in [-0.15, -0.1) is 0 Å². The van der Waals surface area contributed by atoms with Gasteiger partial charge in [0.2, 0.25) is 0 Å². The number of hydrogen-bond donors (Lipinski definition) is 0. The van der Waals surface area contributed by atoms with E-state index in [4.69, 9.17) is 23.7 Å². The second-order valence-corrected chi connectivity index (χ2v) is 7.76. The Kier molecular flexibility index (Phi) is 5.51. The molecule has 2 heterocycles. The first-order valence-electron chi connectivity index (χ1n) is 9.88. The van der Waals surface area contributed by atoms with Crippen LogP contribution >= 0.6 is 0 Å². The maximum Gasteiger partial charge on any atom is 0.361 e. The highest BCUT2D eigenvalue weighted by molar-refractivity contribution is 5.89. The molecule has 31 heavy (non-hydrogen) atoms. The van der Waals surface area contributed by atoms with Crippen LogP contribution in [0.25, 0.3) is 0 Å². The van der Waals surface area contributed by atoms with E-state index < -0.39 is 35.7 Å². The number of carbonyl (C=O) groups is 2. The first-order chi connectivity index (χ1) is 14.8. The topological polar surface area (TPSA) is 83.3 Å². The fourth-order valence-electron chi connectivity index (χ4n) is 3.55. The van der Waals surface area contributed by atoms with E-state index in [2.05, 4.69) is 0 Å². The highest BCUT2D eigenvalue weighted by atomic mass is 16.9. The third-order valence-corrected chi connectivity index (χ3v) is 5.11. The first kappa shape index (κ1) is 21.0. The average molecular weight is 426 g/mol. The summed E-state index contributed by atoms with van der Waals surface area (Å²) in [6.07, 6.45) is -0.259. The van der Waals surface area contributed by atoms with E-state index in [1.54, 1.807) is 68.1 Å². The van der Waals surface area contributed by atoms with Gasteiger partial charge in [-0.2, -0.15) is 0 Å². The molecule has 0 amide bonds. The van der Waals surface area contributed by atoms with E-state index in [1.165, 1.54) is 6.40 Å². The maximum atomic E-state index is 12.7. The summed E-state index contributed by atoms with van der Waals surface area (Å²) in [5.74, 6) is -2.77. The highest BCUT2D eigenvalue weighted by Gasteiger charge is 2.69. The summed E-state index contributed by atoms with van der Waals surface area (Å²) in [5, 5.41) is 0. The molecular formula is C23H24NO7+. The van der Waals surface area contributed by atoms with E-state index in [1.807, 2.05) is 18.2 Å². The Bertz CT molecular complexity index is 989. The van der Waals surface area contributed by atoms with Gasteiger partial charge in [-0.25, -0.2) is 14.2 Å². The van der Waals surface area contributed by atoms with Crippen molar-refractivity contribution in [3.8, 4) is 0 Å². The van der Waals surface area contributed by atoms with E-state index in [-0.39, 0.29) is 6.61 Å². The lowest BCUT2D eigenvalue weighted by atomic mass is 9.99. The van der Waals surface area contributed by atoms with Gasteiger partial charge in [-0.1, -0.05) is 36.4 Å². The number of esters is 2. The van der Waals surface area contributed by atoms with Crippen LogP contribution in [0.1, 0.15) is 22.8 Å². The standard InChI is InChI=1S/C23H24NO7/c1-22-19(18(29-21(22)26)14-27-20(25)16-10-6-4-7-11-16)30-23(31-22,28-15-24(2)3)17-12-8-5-9-13-17/h4-13,15,18-19H,14H2,1-3H3/q+1/t18-,19-,22-,23?/m1/s1. The molecule has 2 aliphatic heterocycles. The van der Waals surface area contributed by atoms with Crippen LogP contribution < -0.4 is 0 Å². The Labute approximate surface area is 179 Å². The lowest BCUT2D eigenvalue weighted by Crippen LogP contribution is -2.42. The minimum Gasteiger partial charge on any atom is -0.458 e. The molecule has 8 heteroatoms. The third kappa shape index (κ3) is 3.92. The predicted octanol–water partition coefficient (Wildman–Crippen LogP) is 2.07. The van der Waals surface area contributed by atoms with Crippen LogP contribution in [-0.2, 0) is 34.5 Å². The molecule has 4 rings (SSSR count). The van der Waals surface area contributed by atoms with E-state index in [0.29, 0.717) is 11.1 Å². The summed E-state index contributed by atoms with van der Waals surface area (Å²) in [6, 6.07) is 17.6. The lowest BCUT2D eigenvalue weighted by Gasteiger charge is -2.28. The third-order valence-electron chi connectivity index (χ3n) is 5.11. The van der Waals surface area contributed by atoms with Crippen molar-refractivity contribution in [2.75, 3.05) is 20.7 Å². The quantitative estimate of drug-likeness (QED) is 0.303. The van der Waals surface area contributed by atoms with Crippen molar-refractivity contribution in [2.24, 2.45) is 0 Å². The van der Waals surface area contributed by atoms with Crippen LogP contribution in [0.3, 0.4) is 0 Å². The SMILES string of the molecule is C[N+](C)=COC1(c2ccccc2)O[C@@H]2[C@@H](COC(=O)c3ccccc3)OC(=O)[C@]2(C)O1. The fourth-order valence-corrected chi connectivity index (χ4v) is 3.55. The highest BCUT2D eigenvalue weighted by Crippen LogP contribution is 2.49. The van der Waals surface area contributed by atoms with Gasteiger partial charge in [-0.3, -0.25) is 4.74 Å². The largest absolute Gasteiger partial charge is 0.458 e. The normalized spacial score (nSPS) is 29.1. The van der Waals surface area contributed by atoms with Crippen molar-refractivity contribution in [1.29, 1.82) is 0 Å². The average Bonchev–Trinajstić information content (AvgIpc) is 3.21. The zero-order valence-electron chi connectivity index (χ0n) is 17.5. The Morgan fingerprint density at radius 1 is 1.10 bits per heavy atom. The fraction of sp³-hybridized carbons (Fsp3) is 0.348. The second kappa shape index (κ2) is 8.13. The van der Waals surface area contributed by atoms with Crippen molar-refractivity contribution in [1.82, 2.24) is 0 Å². The van der Waals surface area contributed by atoms with Crippen molar-refractivity contribution in [3.63, 3.8) is 0 Å². The molecule has 2 fully saturated rings. The Balaban J connectivity index is 1.57. The summed E-state index contributed by atoms with van der Waals surface area (Å²) < 4.78 is 30.7. The molecule has 8 nitrogen and oxygen atoms in total. The monoisotopic (exact) mass is 426 g/mol. The molecule has 2 aliphatic rings. The summed E-state index contributed by atoms with van der Waals surface area (Å²) >= 11 is 0. The molecule has 0 bridgehead atoms. The number of cyclic esters (lactones) is 1. The van der Waals surface area contributed by atoms with Gasteiger partial charge in [0.25, 0.3) is 0 Å². The molecule has 0 aromatic heterocycles. The molecule has 0 N–H and O–H groups in total. The van der Waals surface area contributed by atoms with Crippen LogP contribution in [0, 0.1) is 0 Å². The van der Waals surface area contributed by atoms with Gasteiger partial charge in [-0.05, 0) is 31.2 Å². The minimum absolute atomic E-state index is 0.175. The summed E-state index contributed by atoms with van der Waals surface area (Å²) in [7, 11) is 3.58. The summed E-state index contributed by atoms with van der Waals surface area (Å²) in [4.78, 5) is 25.0.